The molecule has 0 aromatic carbocycles. The maximum absolute atomic E-state index is 11.9. The van der Waals surface area contributed by atoms with E-state index in [9.17, 15) is 4.79 Å². The number of hydrogen-bond donors (Lipinski definition) is 1. The molecule has 1 saturated heterocycles. The topological polar surface area (TPSA) is 76.5 Å². The first-order chi connectivity index (χ1) is 10.0. The van der Waals surface area contributed by atoms with Gasteiger partial charge in [-0.2, -0.15) is 9.61 Å². The zero-order valence-electron chi connectivity index (χ0n) is 12.5. The lowest BCUT2D eigenvalue weighted by atomic mass is 9.97. The van der Waals surface area contributed by atoms with E-state index in [4.69, 9.17) is 5.73 Å². The minimum absolute atomic E-state index is 0.109. The molecule has 2 aromatic heterocycles. The van der Waals surface area contributed by atoms with Crippen LogP contribution < -0.4 is 11.3 Å². The van der Waals surface area contributed by atoms with Crippen molar-refractivity contribution in [3.8, 4) is 0 Å². The number of likely N-dealkylation sites (tertiary alicyclic amines) is 1. The minimum Gasteiger partial charge on any atom is -0.327 e. The van der Waals surface area contributed by atoms with Crippen molar-refractivity contribution < 1.29 is 0 Å². The van der Waals surface area contributed by atoms with Crippen molar-refractivity contribution in [3.05, 3.63) is 27.1 Å². The van der Waals surface area contributed by atoms with Crippen molar-refractivity contribution in [2.45, 2.75) is 51.7 Å². The zero-order valence-corrected chi connectivity index (χ0v) is 13.3. The summed E-state index contributed by atoms with van der Waals surface area (Å²) < 4.78 is 1.40. The molecule has 0 amide bonds. The molecule has 2 aromatic rings. The van der Waals surface area contributed by atoms with Crippen LogP contribution in [-0.2, 0) is 6.54 Å². The van der Waals surface area contributed by atoms with Gasteiger partial charge < -0.3 is 5.73 Å². The lowest BCUT2D eigenvalue weighted by Crippen LogP contribution is -2.48. The molecule has 7 heteroatoms. The number of fused-ring (bicyclic) bond motifs is 1. The van der Waals surface area contributed by atoms with E-state index in [1.165, 1.54) is 34.8 Å². The molecule has 6 nitrogen and oxygen atoms in total. The molecular weight excluding hydrogens is 286 g/mol. The van der Waals surface area contributed by atoms with Gasteiger partial charge in [-0.1, -0.05) is 17.8 Å². The van der Waals surface area contributed by atoms with Gasteiger partial charge in [0.25, 0.3) is 5.56 Å². The van der Waals surface area contributed by atoms with Gasteiger partial charge in [0.1, 0.15) is 5.01 Å². The summed E-state index contributed by atoms with van der Waals surface area (Å²) in [5.41, 5.74) is 6.73. The van der Waals surface area contributed by atoms with Gasteiger partial charge in [-0.3, -0.25) is 9.69 Å². The third kappa shape index (κ3) is 3.00. The summed E-state index contributed by atoms with van der Waals surface area (Å²) in [6.07, 6.45) is 3.58. The molecule has 21 heavy (non-hydrogen) atoms. The van der Waals surface area contributed by atoms with Crippen LogP contribution in [0.5, 0.6) is 0 Å². The van der Waals surface area contributed by atoms with E-state index in [1.807, 2.05) is 6.92 Å². The van der Waals surface area contributed by atoms with Gasteiger partial charge in [0.2, 0.25) is 4.96 Å². The van der Waals surface area contributed by atoms with Gasteiger partial charge in [-0.25, -0.2) is 4.98 Å². The van der Waals surface area contributed by atoms with Gasteiger partial charge in [0, 0.05) is 23.8 Å². The Kier molecular flexibility index (Phi) is 4.05. The summed E-state index contributed by atoms with van der Waals surface area (Å²) in [4.78, 5) is 19.4. The average Bonchev–Trinajstić information content (AvgIpc) is 2.81. The number of piperidine rings is 1. The maximum Gasteiger partial charge on any atom is 0.275 e. The van der Waals surface area contributed by atoms with Gasteiger partial charge in [0.05, 0.1) is 6.54 Å². The smallest absolute Gasteiger partial charge is 0.275 e. The van der Waals surface area contributed by atoms with Crippen LogP contribution in [0.4, 0.5) is 0 Å². The van der Waals surface area contributed by atoms with E-state index in [0.717, 1.165) is 30.2 Å². The number of rotatable bonds is 3. The molecule has 2 unspecified atom stereocenters. The van der Waals surface area contributed by atoms with Gasteiger partial charge >= 0.3 is 0 Å². The monoisotopic (exact) mass is 307 g/mol. The predicted octanol–water partition coefficient (Wildman–Crippen LogP) is 1.16. The fraction of sp³-hybridized carbons (Fsp3) is 0.643. The Bertz CT molecular complexity index is 692. The van der Waals surface area contributed by atoms with Gasteiger partial charge in [-0.05, 0) is 33.2 Å². The van der Waals surface area contributed by atoms with E-state index in [-0.39, 0.29) is 11.6 Å². The molecule has 2 N–H and O–H groups in total. The number of aromatic nitrogens is 3. The Morgan fingerprint density at radius 3 is 3.10 bits per heavy atom. The van der Waals surface area contributed by atoms with E-state index in [2.05, 4.69) is 21.9 Å². The Morgan fingerprint density at radius 2 is 2.33 bits per heavy atom. The number of aryl methyl sites for hydroxylation is 1. The number of nitrogens with two attached hydrogens (primary N) is 1. The van der Waals surface area contributed by atoms with Crippen LogP contribution in [0, 0.1) is 6.92 Å². The normalized spacial score (nSPS) is 21.8. The molecule has 0 saturated carbocycles. The molecular formula is C14H21N5OS. The molecule has 1 aliphatic heterocycles. The quantitative estimate of drug-likeness (QED) is 0.921. The lowest BCUT2D eigenvalue weighted by Gasteiger charge is -2.37. The van der Waals surface area contributed by atoms with Crippen molar-refractivity contribution in [1.29, 1.82) is 0 Å². The third-order valence-corrected chi connectivity index (χ3v) is 4.92. The summed E-state index contributed by atoms with van der Waals surface area (Å²) in [6, 6.07) is 2.07. The first-order valence-corrected chi connectivity index (χ1v) is 8.22. The van der Waals surface area contributed by atoms with E-state index >= 15 is 0 Å². The minimum atomic E-state index is -0.109. The highest BCUT2D eigenvalue weighted by molar-refractivity contribution is 7.16. The van der Waals surface area contributed by atoms with Crippen LogP contribution in [0.3, 0.4) is 0 Å². The molecule has 0 aliphatic carbocycles. The molecule has 0 bridgehead atoms. The van der Waals surface area contributed by atoms with Crippen molar-refractivity contribution in [3.63, 3.8) is 0 Å². The Morgan fingerprint density at radius 1 is 1.52 bits per heavy atom. The van der Waals surface area contributed by atoms with Crippen LogP contribution in [-0.4, -0.2) is 38.1 Å². The van der Waals surface area contributed by atoms with E-state index < -0.39 is 0 Å². The zero-order chi connectivity index (χ0) is 15.0. The van der Waals surface area contributed by atoms with E-state index in [1.54, 1.807) is 0 Å². The molecule has 0 spiro atoms. The first-order valence-electron chi connectivity index (χ1n) is 7.40. The highest BCUT2D eigenvalue weighted by atomic mass is 32.1. The van der Waals surface area contributed by atoms with Crippen molar-refractivity contribution in [2.24, 2.45) is 5.73 Å². The molecule has 1 fully saturated rings. The highest BCUT2D eigenvalue weighted by Crippen LogP contribution is 2.22. The molecule has 3 heterocycles. The van der Waals surface area contributed by atoms with Crippen LogP contribution >= 0.6 is 11.3 Å². The second-order valence-corrected chi connectivity index (χ2v) is 6.86. The molecule has 2 atom stereocenters. The number of nitrogens with zero attached hydrogens (tertiary/aromatic N) is 4. The fourth-order valence-corrected chi connectivity index (χ4v) is 3.98. The standard InChI is InChI=1S/C14H21N5OS/c1-9-7-13(20)19-14(16-9)21-12(17-19)8-18-6-4-3-5-11(18)10(2)15/h7,10-11H,3-6,8,15H2,1-2H3. The van der Waals surface area contributed by atoms with Crippen molar-refractivity contribution >= 4 is 16.3 Å². The molecule has 1 aliphatic rings. The molecule has 0 radical (unpaired) electrons. The van der Waals surface area contributed by atoms with Crippen LogP contribution in [0.25, 0.3) is 4.96 Å². The van der Waals surface area contributed by atoms with Crippen LogP contribution in [0.15, 0.2) is 10.9 Å². The van der Waals surface area contributed by atoms with Gasteiger partial charge in [0.15, 0.2) is 0 Å². The Labute approximate surface area is 127 Å². The largest absolute Gasteiger partial charge is 0.327 e. The fourth-order valence-electron chi connectivity index (χ4n) is 3.01. The first kappa shape index (κ1) is 14.6. The SMILES string of the molecule is Cc1cc(=O)n2nc(CN3CCCCC3C(C)N)sc2n1. The predicted molar refractivity (Wildman–Crippen MR) is 83.6 cm³/mol. The third-order valence-electron chi connectivity index (χ3n) is 4.02. The molecule has 114 valence electrons. The Balaban J connectivity index is 1.87. The second kappa shape index (κ2) is 5.82. The van der Waals surface area contributed by atoms with Crippen molar-refractivity contribution in [1.82, 2.24) is 19.5 Å². The average molecular weight is 307 g/mol. The van der Waals surface area contributed by atoms with E-state index in [0.29, 0.717) is 11.0 Å². The maximum atomic E-state index is 11.9. The van der Waals surface area contributed by atoms with Crippen LogP contribution in [0.2, 0.25) is 0 Å². The molecule has 3 rings (SSSR count). The number of hydrogen-bond acceptors (Lipinski definition) is 6. The highest BCUT2D eigenvalue weighted by Gasteiger charge is 2.26. The van der Waals surface area contributed by atoms with Gasteiger partial charge in [-0.15, -0.1) is 0 Å². The lowest BCUT2D eigenvalue weighted by molar-refractivity contribution is 0.122. The van der Waals surface area contributed by atoms with Crippen molar-refractivity contribution in [2.75, 3.05) is 6.54 Å². The Hall–Kier alpha value is -1.31. The second-order valence-electron chi connectivity index (χ2n) is 5.82. The summed E-state index contributed by atoms with van der Waals surface area (Å²) in [5, 5.41) is 5.35. The summed E-state index contributed by atoms with van der Waals surface area (Å²) >= 11 is 1.49. The summed E-state index contributed by atoms with van der Waals surface area (Å²) in [7, 11) is 0. The van der Waals surface area contributed by atoms with Crippen LogP contribution in [0.1, 0.15) is 36.9 Å². The summed E-state index contributed by atoms with van der Waals surface area (Å²) in [5.74, 6) is 0. The summed E-state index contributed by atoms with van der Waals surface area (Å²) in [6.45, 7) is 5.69.